The van der Waals surface area contributed by atoms with Gasteiger partial charge in [-0.15, -0.1) is 0 Å². The van der Waals surface area contributed by atoms with Gasteiger partial charge in [-0.1, -0.05) is 91.4 Å². The van der Waals surface area contributed by atoms with E-state index in [4.69, 9.17) is 0 Å². The first-order valence-electron chi connectivity index (χ1n) is 11.0. The molecule has 0 spiro atoms. The Morgan fingerprint density at radius 3 is 1.44 bits per heavy atom. The van der Waals surface area contributed by atoms with Gasteiger partial charge in [0.1, 0.15) is 0 Å². The lowest BCUT2D eigenvalue weighted by atomic mass is 10.1. The highest BCUT2D eigenvalue weighted by Crippen LogP contribution is 2.48. The van der Waals surface area contributed by atoms with Gasteiger partial charge in [0.2, 0.25) is 0 Å². The van der Waals surface area contributed by atoms with Crippen molar-refractivity contribution in [2.45, 2.75) is 111 Å². The van der Waals surface area contributed by atoms with Crippen LogP contribution in [0.4, 0.5) is 0 Å². The molecule has 152 valence electrons. The molecule has 0 aliphatic rings. The van der Waals surface area contributed by atoms with Gasteiger partial charge in [-0.05, 0) is 19.3 Å². The summed E-state index contributed by atoms with van der Waals surface area (Å²) in [6.07, 6.45) is 18.6. The fraction of sp³-hybridized carbons (Fsp3) is 1.00. The molecule has 0 aliphatic carbocycles. The van der Waals surface area contributed by atoms with E-state index in [2.05, 4.69) is 20.8 Å². The lowest BCUT2D eigenvalue weighted by Crippen LogP contribution is -2.08. The molecule has 25 heavy (non-hydrogen) atoms. The molecule has 0 saturated heterocycles. The summed E-state index contributed by atoms with van der Waals surface area (Å²) in [5.41, 5.74) is 0.497. The van der Waals surface area contributed by atoms with Crippen LogP contribution in [0.15, 0.2) is 0 Å². The summed E-state index contributed by atoms with van der Waals surface area (Å²) in [7, 11) is -3.10. The molecule has 0 rings (SSSR count). The van der Waals surface area contributed by atoms with Crippen molar-refractivity contribution in [1.82, 2.24) is 0 Å². The second-order valence-electron chi connectivity index (χ2n) is 7.67. The third kappa shape index (κ3) is 16.3. The molecule has 2 nitrogen and oxygen atoms in total. The molecule has 0 heterocycles. The van der Waals surface area contributed by atoms with Crippen LogP contribution in [0.1, 0.15) is 111 Å². The highest BCUT2D eigenvalue weighted by molar-refractivity contribution is 7.94. The van der Waals surface area contributed by atoms with E-state index in [1.165, 1.54) is 64.2 Å². The number of rotatable bonds is 19. The zero-order chi connectivity index (χ0) is 18.8. The molecule has 0 N–H and O–H groups in total. The van der Waals surface area contributed by atoms with Crippen LogP contribution in [0.2, 0.25) is 0 Å². The van der Waals surface area contributed by atoms with Gasteiger partial charge in [-0.3, -0.25) is 4.21 Å². The van der Waals surface area contributed by atoms with E-state index in [0.717, 1.165) is 43.8 Å². The monoisotopic (exact) mass is 392 g/mol. The Bertz CT molecular complexity index is 338. The van der Waals surface area contributed by atoms with E-state index in [1.807, 2.05) is 0 Å². The Morgan fingerprint density at radius 1 is 0.600 bits per heavy atom. The average molecular weight is 393 g/mol. The summed E-state index contributed by atoms with van der Waals surface area (Å²) in [6, 6.07) is 0. The summed E-state index contributed by atoms with van der Waals surface area (Å²) >= 11 is 0. The maximum Gasteiger partial charge on any atom is 0.0996 e. The Hall–Kier alpha value is 0.380. The number of hydrogen-bond acceptors (Lipinski definition) is 2. The third-order valence-corrected chi connectivity index (χ3v) is 11.0. The Balaban J connectivity index is 4.23. The van der Waals surface area contributed by atoms with Crippen LogP contribution in [0, 0.1) is 0 Å². The lowest BCUT2D eigenvalue weighted by Gasteiger charge is -2.18. The van der Waals surface area contributed by atoms with Crippen molar-refractivity contribution >= 4 is 17.9 Å². The van der Waals surface area contributed by atoms with Gasteiger partial charge in [0.05, 0.1) is 12.6 Å². The number of hydrogen-bond donors (Lipinski definition) is 0. The smallest absolute Gasteiger partial charge is 0.0996 e. The fourth-order valence-corrected chi connectivity index (χ4v) is 9.32. The second kappa shape index (κ2) is 17.8. The van der Waals surface area contributed by atoms with E-state index in [0.29, 0.717) is 5.49 Å². The van der Waals surface area contributed by atoms with Crippen LogP contribution in [-0.2, 0) is 15.4 Å². The first-order chi connectivity index (χ1) is 12.1. The molecule has 0 aliphatic heterocycles. The van der Waals surface area contributed by atoms with Gasteiger partial charge < -0.3 is 4.57 Å². The summed E-state index contributed by atoms with van der Waals surface area (Å²) in [5, 5.41) is 0. The van der Waals surface area contributed by atoms with Gasteiger partial charge in [0.15, 0.2) is 0 Å². The largest absolute Gasteiger partial charge is 0.323 e. The minimum absolute atomic E-state index is 0.497. The van der Waals surface area contributed by atoms with Crippen LogP contribution in [-0.4, -0.2) is 27.8 Å². The Morgan fingerprint density at radius 2 is 1.00 bits per heavy atom. The molecule has 0 saturated carbocycles. The summed E-state index contributed by atoms with van der Waals surface area (Å²) in [5.74, 6) is 0.744. The minimum atomic E-state index is -2.23. The lowest BCUT2D eigenvalue weighted by molar-refractivity contribution is 0.564. The van der Waals surface area contributed by atoms with Gasteiger partial charge in [0, 0.05) is 28.9 Å². The molecule has 0 radical (unpaired) electrons. The Kier molecular flexibility index (Phi) is 18.0. The maximum atomic E-state index is 13.4. The van der Waals surface area contributed by atoms with Crippen molar-refractivity contribution in [2.24, 2.45) is 0 Å². The van der Waals surface area contributed by atoms with E-state index >= 15 is 0 Å². The van der Waals surface area contributed by atoms with E-state index < -0.39 is 17.9 Å². The SMILES string of the molecule is CCCCCCCCP(=O)(CCCCCCCC)CS(=O)CCCC. The van der Waals surface area contributed by atoms with E-state index in [1.54, 1.807) is 0 Å². The predicted octanol–water partition coefficient (Wildman–Crippen LogP) is 7.58. The van der Waals surface area contributed by atoms with E-state index in [9.17, 15) is 8.77 Å². The number of unbranched alkanes of at least 4 members (excludes halogenated alkanes) is 11. The van der Waals surface area contributed by atoms with Gasteiger partial charge in [-0.25, -0.2) is 0 Å². The second-order valence-corrected chi connectivity index (χ2v) is 13.0. The maximum absolute atomic E-state index is 13.4. The molecule has 0 aromatic rings. The van der Waals surface area contributed by atoms with Crippen molar-refractivity contribution in [3.63, 3.8) is 0 Å². The van der Waals surface area contributed by atoms with Crippen molar-refractivity contribution in [2.75, 3.05) is 23.6 Å². The topological polar surface area (TPSA) is 34.1 Å². The van der Waals surface area contributed by atoms with Crippen LogP contribution < -0.4 is 0 Å². The first-order valence-corrected chi connectivity index (χ1v) is 14.7. The van der Waals surface area contributed by atoms with Crippen LogP contribution in [0.5, 0.6) is 0 Å². The molecule has 0 bridgehead atoms. The van der Waals surface area contributed by atoms with Gasteiger partial charge in [-0.2, -0.15) is 0 Å². The summed E-state index contributed by atoms with van der Waals surface area (Å²) < 4.78 is 25.7. The quantitative estimate of drug-likeness (QED) is 0.168. The molecular weight excluding hydrogens is 347 g/mol. The first kappa shape index (κ1) is 25.4. The van der Waals surface area contributed by atoms with E-state index in [-0.39, 0.29) is 0 Å². The predicted molar refractivity (Wildman–Crippen MR) is 117 cm³/mol. The molecule has 0 aromatic carbocycles. The van der Waals surface area contributed by atoms with Crippen molar-refractivity contribution in [3.8, 4) is 0 Å². The van der Waals surface area contributed by atoms with Crippen molar-refractivity contribution in [1.29, 1.82) is 0 Å². The van der Waals surface area contributed by atoms with Crippen molar-refractivity contribution < 1.29 is 8.77 Å². The average Bonchev–Trinajstić information content (AvgIpc) is 2.59. The molecule has 1 atom stereocenters. The van der Waals surface area contributed by atoms with Gasteiger partial charge in [0.25, 0.3) is 0 Å². The zero-order valence-electron chi connectivity index (χ0n) is 17.4. The molecular formula is C21H45O2PS. The molecule has 4 heteroatoms. The molecule has 1 unspecified atom stereocenters. The Labute approximate surface area is 161 Å². The summed E-state index contributed by atoms with van der Waals surface area (Å²) in [4.78, 5) is 0. The van der Waals surface area contributed by atoms with Crippen molar-refractivity contribution in [3.05, 3.63) is 0 Å². The summed E-state index contributed by atoms with van der Waals surface area (Å²) in [6.45, 7) is 6.60. The van der Waals surface area contributed by atoms with Gasteiger partial charge >= 0.3 is 0 Å². The van der Waals surface area contributed by atoms with Crippen LogP contribution in [0.3, 0.4) is 0 Å². The zero-order valence-corrected chi connectivity index (χ0v) is 19.1. The standard InChI is InChI=1S/C21H45O2PS/c1-4-7-10-12-14-16-18-24(22,21-25(23)20-9-6-3)19-17-15-13-11-8-5-2/h4-21H2,1-3H3. The molecule has 0 aromatic heterocycles. The normalized spacial score (nSPS) is 13.2. The molecule has 0 fully saturated rings. The molecule has 0 amide bonds. The van der Waals surface area contributed by atoms with Crippen LogP contribution >= 0.6 is 7.14 Å². The highest BCUT2D eigenvalue weighted by Gasteiger charge is 2.24. The van der Waals surface area contributed by atoms with Crippen LogP contribution in [0.25, 0.3) is 0 Å². The minimum Gasteiger partial charge on any atom is -0.323 e. The third-order valence-electron chi connectivity index (χ3n) is 4.94. The highest BCUT2D eigenvalue weighted by atomic mass is 32.2. The fourth-order valence-electron chi connectivity index (χ4n) is 3.23.